The van der Waals surface area contributed by atoms with E-state index < -0.39 is 87.1 Å². The number of ether oxygens (including phenoxy) is 2. The van der Waals surface area contributed by atoms with Crippen molar-refractivity contribution < 1.29 is 45.5 Å². The number of aromatic amines is 2. The van der Waals surface area contributed by atoms with Gasteiger partial charge in [-0.15, -0.1) is 0 Å². The Balaban J connectivity index is 1.21. The SMILES string of the molecule is Nc1nc2c(ncn2[C@@H]2O[C@@H]3CO[P@@](=O)(S)O[C@H]4[C@H](F)[C@H](n5cnc6c(=O)[nH]cnc65)O[C@@H]4CO[P@](=O)(S)O[C@@H]2[C@H]3F)c(=O)[nH]1. The molecular weight excluding hydrogens is 690 g/mol. The Morgan fingerprint density at radius 3 is 2.16 bits per heavy atom. The number of alkyl halides is 2. The number of fused-ring (bicyclic) bond motifs is 5. The van der Waals surface area contributed by atoms with Gasteiger partial charge in [0, 0.05) is 0 Å². The van der Waals surface area contributed by atoms with Crippen molar-refractivity contribution in [1.29, 1.82) is 0 Å². The molecule has 0 radical (unpaired) electrons. The summed E-state index contributed by atoms with van der Waals surface area (Å²) in [4.78, 5) is 44.9. The molecule has 7 heterocycles. The molecule has 3 saturated heterocycles. The molecule has 7 rings (SSSR count). The van der Waals surface area contributed by atoms with Crippen LogP contribution in [0.2, 0.25) is 0 Å². The maximum absolute atomic E-state index is 15.9. The first-order chi connectivity index (χ1) is 21.3. The Bertz CT molecular complexity index is 2010. The molecule has 45 heavy (non-hydrogen) atoms. The quantitative estimate of drug-likeness (QED) is 0.145. The number of nitrogens with two attached hydrogens (primary N) is 1. The lowest BCUT2D eigenvalue weighted by atomic mass is 10.1. The van der Waals surface area contributed by atoms with Gasteiger partial charge >= 0.3 is 13.6 Å². The summed E-state index contributed by atoms with van der Waals surface area (Å²) in [6.45, 7) is -10.5. The van der Waals surface area contributed by atoms with Gasteiger partial charge in [-0.05, 0) is 0 Å². The first kappa shape index (κ1) is 30.9. The van der Waals surface area contributed by atoms with E-state index in [1.54, 1.807) is 0 Å². The summed E-state index contributed by atoms with van der Waals surface area (Å²) in [5, 5.41) is 0. The van der Waals surface area contributed by atoms with E-state index in [0.29, 0.717) is 0 Å². The minimum atomic E-state index is -4.52. The molecule has 0 spiro atoms. The van der Waals surface area contributed by atoms with Crippen molar-refractivity contribution in [3.05, 3.63) is 39.7 Å². The number of hydrogen-bond donors (Lipinski definition) is 5. The third-order valence-electron chi connectivity index (χ3n) is 7.21. The Morgan fingerprint density at radius 2 is 1.44 bits per heavy atom. The van der Waals surface area contributed by atoms with E-state index in [0.717, 1.165) is 28.1 Å². The van der Waals surface area contributed by atoms with Crippen molar-refractivity contribution in [3.8, 4) is 0 Å². The molecule has 0 saturated carbocycles. The van der Waals surface area contributed by atoms with Crippen LogP contribution in [0.4, 0.5) is 14.7 Å². The second-order valence-electron chi connectivity index (χ2n) is 10.0. The number of nitrogens with one attached hydrogen (secondary N) is 2. The molecule has 25 heteroatoms. The fraction of sp³-hybridized carbons (Fsp3) is 0.500. The van der Waals surface area contributed by atoms with Crippen LogP contribution in [0.5, 0.6) is 0 Å². The van der Waals surface area contributed by atoms with Crippen molar-refractivity contribution in [2.75, 3.05) is 18.9 Å². The molecule has 0 amide bonds. The summed E-state index contributed by atoms with van der Waals surface area (Å²) in [5.74, 6) is -0.276. The molecule has 10 atom stereocenters. The van der Waals surface area contributed by atoms with Gasteiger partial charge < -0.3 is 20.2 Å². The number of halogens is 2. The van der Waals surface area contributed by atoms with E-state index in [1.807, 2.05) is 0 Å². The van der Waals surface area contributed by atoms with Crippen LogP contribution in [0.25, 0.3) is 22.3 Å². The van der Waals surface area contributed by atoms with Crippen LogP contribution < -0.4 is 16.9 Å². The number of rotatable bonds is 2. The van der Waals surface area contributed by atoms with Crippen LogP contribution in [-0.2, 0) is 36.7 Å². The smallest absolute Gasteiger partial charge is 0.369 e. The molecule has 4 aromatic rings. The standard InChI is InChI=1S/C20H21F2N9O10P2S2/c21-8-6-1-36-42(34,44)40-12-7(39-18(9(12)22)30-4-26-10-14(30)24-3-25-16(10)32)2-37-43(35,45)41-13(8)19(38-6)31-5-27-11-15(31)28-20(23)29-17(11)33/h3-9,12-13,18-19H,1-2H2,(H,34,44)(H,35,45)(H,24,25,32)(H3,23,28,29,33)/t6-,7-,8+,9+,12-,13-,18-,19-,42-,43+/m1/s1. The van der Waals surface area contributed by atoms with E-state index in [-0.39, 0.29) is 28.3 Å². The van der Waals surface area contributed by atoms with Gasteiger partial charge in [0.2, 0.25) is 5.95 Å². The molecular formula is C20H21F2N9O10P2S2. The fourth-order valence-electron chi connectivity index (χ4n) is 5.23. The topological polar surface area (TPSA) is 243 Å². The molecule has 0 unspecified atom stereocenters. The third-order valence-corrected chi connectivity index (χ3v) is 10.4. The number of hydrogen-bond acceptors (Lipinski definition) is 15. The summed E-state index contributed by atoms with van der Waals surface area (Å²) in [6.07, 6.45) is -10.4. The molecule has 242 valence electrons. The third kappa shape index (κ3) is 5.53. The lowest BCUT2D eigenvalue weighted by Gasteiger charge is -2.26. The summed E-state index contributed by atoms with van der Waals surface area (Å²) in [7, 11) is 0. The second kappa shape index (κ2) is 11.2. The molecule has 0 aromatic carbocycles. The van der Waals surface area contributed by atoms with Crippen LogP contribution in [0, 0.1) is 0 Å². The van der Waals surface area contributed by atoms with Gasteiger partial charge in [-0.2, -0.15) is 4.98 Å². The number of thiol groups is 2. The number of nitrogen functional groups attached to an aromatic ring is 1. The van der Waals surface area contributed by atoms with Gasteiger partial charge in [0.05, 0.1) is 32.2 Å². The Hall–Kier alpha value is -2.72. The lowest BCUT2D eigenvalue weighted by Crippen LogP contribution is -2.33. The van der Waals surface area contributed by atoms with Crippen molar-refractivity contribution in [1.82, 2.24) is 39.0 Å². The normalized spacial score (nSPS) is 37.7. The minimum Gasteiger partial charge on any atom is -0.369 e. The van der Waals surface area contributed by atoms with Crippen molar-refractivity contribution in [2.24, 2.45) is 0 Å². The average Bonchev–Trinajstić information content (AvgIpc) is 3.72. The van der Waals surface area contributed by atoms with Crippen LogP contribution >= 0.6 is 38.1 Å². The largest absolute Gasteiger partial charge is 0.386 e. The number of nitrogens with zero attached hydrogens (tertiary/aromatic N) is 6. The molecule has 3 aliphatic rings. The maximum atomic E-state index is 15.9. The average molecular weight is 712 g/mol. The molecule has 2 bridgehead atoms. The van der Waals surface area contributed by atoms with E-state index in [9.17, 15) is 18.7 Å². The van der Waals surface area contributed by atoms with Crippen molar-refractivity contribution in [3.63, 3.8) is 0 Å². The zero-order chi connectivity index (χ0) is 31.8. The lowest BCUT2D eigenvalue weighted by molar-refractivity contribution is -0.0563. The molecule has 3 aliphatic heterocycles. The van der Waals surface area contributed by atoms with Gasteiger partial charge in [0.1, 0.15) is 24.4 Å². The summed E-state index contributed by atoms with van der Waals surface area (Å²) in [6, 6.07) is 0. The molecule has 4 aromatic heterocycles. The number of imidazole rings is 2. The zero-order valence-corrected chi connectivity index (χ0v) is 25.7. The fourth-order valence-corrected chi connectivity index (χ4v) is 8.16. The Labute approximate surface area is 258 Å². The van der Waals surface area contributed by atoms with Gasteiger partial charge in [-0.3, -0.25) is 41.8 Å². The summed E-state index contributed by atoms with van der Waals surface area (Å²) < 4.78 is 93.8. The number of H-pyrrole nitrogens is 2. The highest BCUT2D eigenvalue weighted by Crippen LogP contribution is 2.60. The van der Waals surface area contributed by atoms with Gasteiger partial charge in [0.15, 0.2) is 47.1 Å². The highest BCUT2D eigenvalue weighted by atomic mass is 32.7. The van der Waals surface area contributed by atoms with Crippen molar-refractivity contribution in [2.45, 2.75) is 49.2 Å². The van der Waals surface area contributed by atoms with E-state index in [1.165, 1.54) is 0 Å². The Kier molecular flexibility index (Phi) is 7.70. The van der Waals surface area contributed by atoms with Crippen LogP contribution in [0.1, 0.15) is 12.5 Å². The molecule has 0 aliphatic carbocycles. The molecule has 19 nitrogen and oxygen atoms in total. The minimum absolute atomic E-state index is 0.0337. The van der Waals surface area contributed by atoms with Crippen LogP contribution in [-0.4, -0.2) is 89.0 Å². The predicted molar refractivity (Wildman–Crippen MR) is 153 cm³/mol. The summed E-state index contributed by atoms with van der Waals surface area (Å²) in [5.41, 5.74) is 3.95. The monoisotopic (exact) mass is 711 g/mol. The van der Waals surface area contributed by atoms with Gasteiger partial charge in [-0.1, -0.05) is 24.5 Å². The molecule has 3 fully saturated rings. The molecule has 4 N–H and O–H groups in total. The van der Waals surface area contributed by atoms with Crippen LogP contribution in [0.15, 0.2) is 28.6 Å². The Morgan fingerprint density at radius 1 is 0.844 bits per heavy atom. The second-order valence-corrected chi connectivity index (χ2v) is 15.8. The highest BCUT2D eigenvalue weighted by molar-refractivity contribution is 8.44. The van der Waals surface area contributed by atoms with Crippen LogP contribution in [0.3, 0.4) is 0 Å². The highest BCUT2D eigenvalue weighted by Gasteiger charge is 2.54. The first-order valence-electron chi connectivity index (χ1n) is 12.8. The van der Waals surface area contributed by atoms with Crippen molar-refractivity contribution >= 4 is 66.4 Å². The van der Waals surface area contributed by atoms with E-state index in [2.05, 4.69) is 54.4 Å². The van der Waals surface area contributed by atoms with Gasteiger partial charge in [-0.25, -0.2) is 32.9 Å². The summed E-state index contributed by atoms with van der Waals surface area (Å²) >= 11 is 7.90. The van der Waals surface area contributed by atoms with E-state index >= 15 is 8.78 Å². The van der Waals surface area contributed by atoms with E-state index in [4.69, 9.17) is 33.3 Å². The first-order valence-corrected chi connectivity index (χ1v) is 18.2. The van der Waals surface area contributed by atoms with Gasteiger partial charge in [0.25, 0.3) is 11.1 Å². The zero-order valence-electron chi connectivity index (χ0n) is 22.2. The maximum Gasteiger partial charge on any atom is 0.386 e. The number of aromatic nitrogens is 8. The predicted octanol–water partition coefficient (Wildman–Crippen LogP) is 1.20. The number of anilines is 1.